The monoisotopic (exact) mass is 209 g/mol. The van der Waals surface area contributed by atoms with Crippen LogP contribution >= 0.6 is 0 Å². The van der Waals surface area contributed by atoms with Crippen molar-refractivity contribution in [1.29, 1.82) is 0 Å². The second kappa shape index (κ2) is 3.34. The second-order valence-corrected chi connectivity index (χ2v) is 3.21. The number of ether oxygens (including phenoxy) is 3. The van der Waals surface area contributed by atoms with Crippen molar-refractivity contribution in [3.05, 3.63) is 17.2 Å². The number of esters is 1. The fourth-order valence-corrected chi connectivity index (χ4v) is 1.49. The molecule has 0 aromatic heterocycles. The third kappa shape index (κ3) is 1.36. The molecule has 80 valence electrons. The van der Waals surface area contributed by atoms with Crippen LogP contribution in [0.4, 0.5) is 5.69 Å². The number of nitrogens with two attached hydrogens (primary N) is 1. The fraction of sp³-hybridized carbons (Fsp3) is 0.300. The van der Waals surface area contributed by atoms with E-state index in [1.54, 1.807) is 13.0 Å². The van der Waals surface area contributed by atoms with Crippen LogP contribution in [0.3, 0.4) is 0 Å². The number of rotatable bonds is 1. The van der Waals surface area contributed by atoms with Gasteiger partial charge in [-0.3, -0.25) is 0 Å². The Morgan fingerprint density at radius 2 is 2.27 bits per heavy atom. The third-order valence-corrected chi connectivity index (χ3v) is 2.30. The molecule has 5 nitrogen and oxygen atoms in total. The zero-order valence-corrected chi connectivity index (χ0v) is 8.49. The van der Waals surface area contributed by atoms with Gasteiger partial charge in [0.15, 0.2) is 11.5 Å². The summed E-state index contributed by atoms with van der Waals surface area (Å²) in [7, 11) is 1.30. The third-order valence-electron chi connectivity index (χ3n) is 2.30. The van der Waals surface area contributed by atoms with E-state index in [0.717, 1.165) is 5.56 Å². The molecular weight excluding hydrogens is 198 g/mol. The molecule has 0 radical (unpaired) electrons. The van der Waals surface area contributed by atoms with Crippen LogP contribution in [0.15, 0.2) is 6.07 Å². The zero-order valence-electron chi connectivity index (χ0n) is 8.49. The van der Waals surface area contributed by atoms with Crippen LogP contribution in [0.25, 0.3) is 0 Å². The molecule has 0 unspecified atom stereocenters. The Hall–Kier alpha value is -1.91. The molecule has 2 rings (SSSR count). The maximum Gasteiger partial charge on any atom is 0.343 e. The van der Waals surface area contributed by atoms with Crippen molar-refractivity contribution in [2.24, 2.45) is 0 Å². The summed E-state index contributed by atoms with van der Waals surface area (Å²) in [5, 5.41) is 0. The number of benzene rings is 1. The first-order chi connectivity index (χ1) is 7.15. The molecule has 1 aromatic carbocycles. The van der Waals surface area contributed by atoms with E-state index in [1.165, 1.54) is 7.11 Å². The summed E-state index contributed by atoms with van der Waals surface area (Å²) in [6.07, 6.45) is 0. The van der Waals surface area contributed by atoms with Crippen LogP contribution in [0.1, 0.15) is 15.9 Å². The van der Waals surface area contributed by atoms with Crippen LogP contribution in [0.2, 0.25) is 0 Å². The summed E-state index contributed by atoms with van der Waals surface area (Å²) in [6.45, 7) is 1.89. The minimum Gasteiger partial charge on any atom is -0.465 e. The highest BCUT2D eigenvalue weighted by Crippen LogP contribution is 2.40. The van der Waals surface area contributed by atoms with Gasteiger partial charge in [-0.25, -0.2) is 4.79 Å². The predicted octanol–water partition coefficient (Wildman–Crippen LogP) is 1.09. The normalized spacial score (nSPS) is 12.7. The molecule has 0 bridgehead atoms. The van der Waals surface area contributed by atoms with Crippen LogP contribution < -0.4 is 15.2 Å². The molecule has 0 amide bonds. The van der Waals surface area contributed by atoms with Crippen molar-refractivity contribution in [2.45, 2.75) is 6.92 Å². The topological polar surface area (TPSA) is 70.8 Å². The Morgan fingerprint density at radius 3 is 2.93 bits per heavy atom. The minimum absolute atomic E-state index is 0.0994. The lowest BCUT2D eigenvalue weighted by Gasteiger charge is -2.09. The van der Waals surface area contributed by atoms with Gasteiger partial charge >= 0.3 is 5.97 Å². The zero-order chi connectivity index (χ0) is 11.0. The minimum atomic E-state index is -0.516. The van der Waals surface area contributed by atoms with Gasteiger partial charge in [0.25, 0.3) is 0 Å². The Balaban J connectivity index is 2.65. The lowest BCUT2D eigenvalue weighted by atomic mass is 10.1. The predicted molar refractivity (Wildman–Crippen MR) is 53.1 cm³/mol. The first-order valence-electron chi connectivity index (χ1n) is 4.42. The number of fused-ring (bicyclic) bond motifs is 1. The number of carbonyl (C=O) groups is 1. The summed E-state index contributed by atoms with van der Waals surface area (Å²) < 4.78 is 15.0. The van der Waals surface area contributed by atoms with Crippen molar-refractivity contribution in [3.63, 3.8) is 0 Å². The molecule has 0 spiro atoms. The molecule has 5 heteroatoms. The van der Waals surface area contributed by atoms with Gasteiger partial charge < -0.3 is 19.9 Å². The van der Waals surface area contributed by atoms with E-state index in [9.17, 15) is 4.79 Å². The molecule has 0 saturated carbocycles. The molecule has 0 atom stereocenters. The van der Waals surface area contributed by atoms with Gasteiger partial charge in [-0.05, 0) is 18.6 Å². The molecule has 1 aliphatic rings. The van der Waals surface area contributed by atoms with Crippen molar-refractivity contribution >= 4 is 11.7 Å². The van der Waals surface area contributed by atoms with Crippen LogP contribution in [0.5, 0.6) is 11.5 Å². The summed E-state index contributed by atoms with van der Waals surface area (Å²) in [6, 6.07) is 1.74. The van der Waals surface area contributed by atoms with E-state index in [2.05, 4.69) is 4.74 Å². The summed E-state index contributed by atoms with van der Waals surface area (Å²) in [5.41, 5.74) is 7.17. The van der Waals surface area contributed by atoms with Crippen molar-refractivity contribution < 1.29 is 19.0 Å². The van der Waals surface area contributed by atoms with E-state index < -0.39 is 5.97 Å². The highest BCUT2D eigenvalue weighted by atomic mass is 16.7. The van der Waals surface area contributed by atoms with E-state index in [1.807, 2.05) is 0 Å². The first-order valence-corrected chi connectivity index (χ1v) is 4.42. The van der Waals surface area contributed by atoms with Crippen LogP contribution in [-0.4, -0.2) is 19.9 Å². The molecule has 1 heterocycles. The SMILES string of the molecule is COC(=O)c1c(N)c(C)cc2c1OCO2. The van der Waals surface area contributed by atoms with Crippen molar-refractivity contribution in [2.75, 3.05) is 19.6 Å². The molecule has 1 aromatic rings. The van der Waals surface area contributed by atoms with Gasteiger partial charge in [0.1, 0.15) is 5.56 Å². The number of nitrogen functional groups attached to an aromatic ring is 1. The van der Waals surface area contributed by atoms with E-state index in [0.29, 0.717) is 17.2 Å². The summed E-state index contributed by atoms with van der Waals surface area (Å²) in [5.74, 6) is 0.380. The average molecular weight is 209 g/mol. The summed E-state index contributed by atoms with van der Waals surface area (Å²) in [4.78, 5) is 11.5. The van der Waals surface area contributed by atoms with E-state index >= 15 is 0 Å². The maximum absolute atomic E-state index is 11.5. The quantitative estimate of drug-likeness (QED) is 0.553. The van der Waals surface area contributed by atoms with Gasteiger partial charge in [0.05, 0.1) is 12.8 Å². The number of methoxy groups -OCH3 is 1. The van der Waals surface area contributed by atoms with E-state index in [4.69, 9.17) is 15.2 Å². The maximum atomic E-state index is 11.5. The molecule has 2 N–H and O–H groups in total. The summed E-state index contributed by atoms with van der Waals surface area (Å²) >= 11 is 0. The average Bonchev–Trinajstić information content (AvgIpc) is 2.66. The van der Waals surface area contributed by atoms with Gasteiger partial charge in [-0.2, -0.15) is 0 Å². The van der Waals surface area contributed by atoms with Crippen LogP contribution in [0, 0.1) is 6.92 Å². The molecule has 15 heavy (non-hydrogen) atoms. The Bertz CT molecular complexity index is 428. The number of hydrogen-bond donors (Lipinski definition) is 1. The largest absolute Gasteiger partial charge is 0.465 e. The van der Waals surface area contributed by atoms with Crippen molar-refractivity contribution in [1.82, 2.24) is 0 Å². The second-order valence-electron chi connectivity index (χ2n) is 3.21. The van der Waals surface area contributed by atoms with Crippen molar-refractivity contribution in [3.8, 4) is 11.5 Å². The standard InChI is InChI=1S/C10H11NO4/c1-5-3-6-9(15-4-14-6)7(8(5)11)10(12)13-2/h3H,4,11H2,1-2H3. The lowest BCUT2D eigenvalue weighted by molar-refractivity contribution is 0.0597. The Morgan fingerprint density at radius 1 is 1.53 bits per heavy atom. The molecule has 0 saturated heterocycles. The highest BCUT2D eigenvalue weighted by Gasteiger charge is 2.26. The Labute approximate surface area is 86.7 Å². The molecule has 0 fully saturated rings. The Kier molecular flexibility index (Phi) is 2.15. The van der Waals surface area contributed by atoms with Gasteiger partial charge in [-0.15, -0.1) is 0 Å². The van der Waals surface area contributed by atoms with Gasteiger partial charge in [0.2, 0.25) is 6.79 Å². The highest BCUT2D eigenvalue weighted by molar-refractivity contribution is 6.00. The smallest absolute Gasteiger partial charge is 0.343 e. The first kappa shape index (κ1) is 9.64. The van der Waals surface area contributed by atoms with E-state index in [-0.39, 0.29) is 12.4 Å². The fourth-order valence-electron chi connectivity index (χ4n) is 1.49. The van der Waals surface area contributed by atoms with Crippen LogP contribution in [-0.2, 0) is 4.74 Å². The molecule has 0 aliphatic carbocycles. The van der Waals surface area contributed by atoms with Gasteiger partial charge in [-0.1, -0.05) is 0 Å². The number of aryl methyl sites for hydroxylation is 1. The van der Waals surface area contributed by atoms with Gasteiger partial charge in [0, 0.05) is 0 Å². The molecular formula is C10H11NO4. The number of carbonyl (C=O) groups excluding carboxylic acids is 1. The number of hydrogen-bond acceptors (Lipinski definition) is 5. The lowest BCUT2D eigenvalue weighted by Crippen LogP contribution is -2.08. The number of anilines is 1. The molecule has 1 aliphatic heterocycles.